The zero-order valence-electron chi connectivity index (χ0n) is 9.41. The quantitative estimate of drug-likeness (QED) is 0.375. The van der Waals surface area contributed by atoms with Crippen LogP contribution in [0.1, 0.15) is 15.9 Å². The van der Waals surface area contributed by atoms with Gasteiger partial charge in [-0.2, -0.15) is 13.2 Å². The minimum Gasteiger partial charge on any atom is -0.506 e. The summed E-state index contributed by atoms with van der Waals surface area (Å²) in [5.41, 5.74) is -5.29. The number of fused-ring (bicyclic) bond motifs is 1. The second-order valence-corrected chi connectivity index (χ2v) is 3.89. The molecule has 0 spiro atoms. The molecule has 0 radical (unpaired) electrons. The zero-order chi connectivity index (χ0) is 16.3. The van der Waals surface area contributed by atoms with E-state index < -0.39 is 63.5 Å². The van der Waals surface area contributed by atoms with Gasteiger partial charge in [0.1, 0.15) is 11.3 Å². The lowest BCUT2D eigenvalue weighted by atomic mass is 10.0. The van der Waals surface area contributed by atoms with Crippen LogP contribution in [0.15, 0.2) is 5.57 Å². The fraction of sp³-hybridized carbons (Fsp3) is 0.0909. The second kappa shape index (κ2) is 4.30. The van der Waals surface area contributed by atoms with Crippen LogP contribution in [-0.2, 0) is 4.79 Å². The van der Waals surface area contributed by atoms with E-state index in [0.29, 0.717) is 0 Å². The molecule has 112 valence electrons. The van der Waals surface area contributed by atoms with Crippen molar-refractivity contribution in [2.45, 2.75) is 6.18 Å². The number of carbonyl (C=O) groups is 2. The van der Waals surface area contributed by atoms with E-state index in [-0.39, 0.29) is 0 Å². The first-order chi connectivity index (χ1) is 9.50. The standard InChI is InChI=1S/C11HF7O3/c12-4-1-2(5(13)7(15)6(4)14)9(20)3(8(1)19)10(21)11(16,17)18/h19H. The number of Topliss-reactive ketones (excluding diaryl/α,β-unsaturated/α-hetero) is 2. The average Bonchev–Trinajstić information content (AvgIpc) is 2.63. The highest BCUT2D eigenvalue weighted by Gasteiger charge is 2.50. The van der Waals surface area contributed by atoms with Crippen LogP contribution < -0.4 is 0 Å². The number of carbonyl (C=O) groups excluding carboxylic acids is 2. The van der Waals surface area contributed by atoms with Crippen molar-refractivity contribution < 1.29 is 45.4 Å². The summed E-state index contributed by atoms with van der Waals surface area (Å²) in [4.78, 5) is 22.4. The maximum atomic E-state index is 13.4. The molecule has 2 rings (SSSR count). The fourth-order valence-electron chi connectivity index (χ4n) is 1.78. The Morgan fingerprint density at radius 3 is 1.71 bits per heavy atom. The SMILES string of the molecule is O=C1C(C(=O)C(F)(F)F)=C(O)c2c(F)c(F)c(F)c(F)c21. The lowest BCUT2D eigenvalue weighted by molar-refractivity contribution is -0.166. The van der Waals surface area contributed by atoms with E-state index in [1.807, 2.05) is 0 Å². The Hall–Kier alpha value is -2.39. The van der Waals surface area contributed by atoms with E-state index in [1.165, 1.54) is 0 Å². The lowest BCUT2D eigenvalue weighted by Crippen LogP contribution is -2.27. The topological polar surface area (TPSA) is 54.4 Å². The van der Waals surface area contributed by atoms with Crippen LogP contribution in [0.3, 0.4) is 0 Å². The van der Waals surface area contributed by atoms with Crippen LogP contribution in [0.25, 0.3) is 5.76 Å². The number of alkyl halides is 3. The molecule has 0 heterocycles. The first kappa shape index (κ1) is 15.0. The monoisotopic (exact) mass is 314 g/mol. The molecule has 0 atom stereocenters. The molecular formula is C11HF7O3. The number of benzene rings is 1. The van der Waals surface area contributed by atoms with Crippen LogP contribution in [0.2, 0.25) is 0 Å². The van der Waals surface area contributed by atoms with Gasteiger partial charge in [-0.25, -0.2) is 17.6 Å². The molecule has 3 nitrogen and oxygen atoms in total. The van der Waals surface area contributed by atoms with Crippen molar-refractivity contribution in [3.05, 3.63) is 40.0 Å². The largest absolute Gasteiger partial charge is 0.506 e. The molecule has 0 aromatic heterocycles. The van der Waals surface area contributed by atoms with Crippen molar-refractivity contribution in [2.75, 3.05) is 0 Å². The average molecular weight is 314 g/mol. The van der Waals surface area contributed by atoms with Crippen molar-refractivity contribution in [2.24, 2.45) is 0 Å². The Labute approximate surface area is 110 Å². The Balaban J connectivity index is 2.81. The molecule has 0 bridgehead atoms. The number of rotatable bonds is 1. The molecule has 0 fully saturated rings. The van der Waals surface area contributed by atoms with Gasteiger partial charge in [0.05, 0.1) is 11.1 Å². The third-order valence-electron chi connectivity index (χ3n) is 2.68. The van der Waals surface area contributed by atoms with E-state index in [0.717, 1.165) is 0 Å². The van der Waals surface area contributed by atoms with Gasteiger partial charge in [0.2, 0.25) is 5.78 Å². The van der Waals surface area contributed by atoms with Gasteiger partial charge in [-0.3, -0.25) is 9.59 Å². The number of allylic oxidation sites excluding steroid dienone is 1. The summed E-state index contributed by atoms with van der Waals surface area (Å²) in [6, 6.07) is 0. The van der Waals surface area contributed by atoms with E-state index in [2.05, 4.69) is 0 Å². The van der Waals surface area contributed by atoms with Gasteiger partial charge < -0.3 is 5.11 Å². The molecule has 0 unspecified atom stereocenters. The summed E-state index contributed by atoms with van der Waals surface area (Å²) >= 11 is 0. The van der Waals surface area contributed by atoms with E-state index in [1.54, 1.807) is 0 Å². The molecule has 0 saturated heterocycles. The number of aliphatic hydroxyl groups is 1. The number of aliphatic hydroxyl groups excluding tert-OH is 1. The van der Waals surface area contributed by atoms with Gasteiger partial charge in [0, 0.05) is 0 Å². The molecule has 0 aliphatic heterocycles. The summed E-state index contributed by atoms with van der Waals surface area (Å²) in [6.45, 7) is 0. The highest BCUT2D eigenvalue weighted by atomic mass is 19.4. The molecule has 21 heavy (non-hydrogen) atoms. The highest BCUT2D eigenvalue weighted by Crippen LogP contribution is 2.39. The van der Waals surface area contributed by atoms with Gasteiger partial charge in [-0.1, -0.05) is 0 Å². The smallest absolute Gasteiger partial charge is 0.455 e. The molecule has 0 saturated carbocycles. The van der Waals surface area contributed by atoms with Crippen LogP contribution in [0.4, 0.5) is 30.7 Å². The number of hydrogen-bond donors (Lipinski definition) is 1. The lowest BCUT2D eigenvalue weighted by Gasteiger charge is -2.05. The van der Waals surface area contributed by atoms with Gasteiger partial charge in [0.15, 0.2) is 23.3 Å². The van der Waals surface area contributed by atoms with Crippen LogP contribution in [-0.4, -0.2) is 22.8 Å². The summed E-state index contributed by atoms with van der Waals surface area (Å²) in [6.07, 6.45) is -5.63. The third kappa shape index (κ3) is 1.89. The molecule has 1 N–H and O–H groups in total. The number of ketones is 2. The zero-order valence-corrected chi connectivity index (χ0v) is 9.41. The first-order valence-corrected chi connectivity index (χ1v) is 4.95. The summed E-state index contributed by atoms with van der Waals surface area (Å²) in [7, 11) is 0. The molecule has 1 aliphatic rings. The van der Waals surface area contributed by atoms with Crippen molar-refractivity contribution in [1.82, 2.24) is 0 Å². The molecule has 10 heteroatoms. The van der Waals surface area contributed by atoms with Crippen molar-refractivity contribution >= 4 is 17.3 Å². The van der Waals surface area contributed by atoms with Gasteiger partial charge in [-0.15, -0.1) is 0 Å². The summed E-state index contributed by atoms with van der Waals surface area (Å²) in [5.74, 6) is -16.3. The van der Waals surface area contributed by atoms with Gasteiger partial charge in [-0.05, 0) is 0 Å². The molecular weight excluding hydrogens is 313 g/mol. The van der Waals surface area contributed by atoms with Crippen LogP contribution in [0.5, 0.6) is 0 Å². The first-order valence-electron chi connectivity index (χ1n) is 4.95. The van der Waals surface area contributed by atoms with E-state index in [4.69, 9.17) is 0 Å². The number of hydrogen-bond acceptors (Lipinski definition) is 3. The Bertz CT molecular complexity index is 731. The minimum atomic E-state index is -5.63. The van der Waals surface area contributed by atoms with E-state index in [9.17, 15) is 45.4 Å². The second-order valence-electron chi connectivity index (χ2n) is 3.89. The highest BCUT2D eigenvalue weighted by molar-refractivity contribution is 6.35. The van der Waals surface area contributed by atoms with Crippen molar-refractivity contribution in [3.63, 3.8) is 0 Å². The Kier molecular flexibility index (Phi) is 3.07. The van der Waals surface area contributed by atoms with Gasteiger partial charge >= 0.3 is 6.18 Å². The molecule has 1 aromatic rings. The summed E-state index contributed by atoms with van der Waals surface area (Å²) in [5, 5.41) is 9.31. The number of halogens is 7. The van der Waals surface area contributed by atoms with Crippen molar-refractivity contribution in [1.29, 1.82) is 0 Å². The summed E-state index contributed by atoms with van der Waals surface area (Å²) < 4.78 is 89.4. The van der Waals surface area contributed by atoms with Gasteiger partial charge in [0.25, 0.3) is 5.78 Å². The van der Waals surface area contributed by atoms with E-state index >= 15 is 0 Å². The minimum absolute atomic E-state index is 1.62. The predicted octanol–water partition coefficient (Wildman–Crippen LogP) is 2.84. The third-order valence-corrected chi connectivity index (χ3v) is 2.68. The predicted molar refractivity (Wildman–Crippen MR) is 51.2 cm³/mol. The molecule has 1 aromatic carbocycles. The maximum absolute atomic E-state index is 13.4. The molecule has 1 aliphatic carbocycles. The normalized spacial score (nSPS) is 14.7. The maximum Gasteiger partial charge on any atom is 0.455 e. The fourth-order valence-corrected chi connectivity index (χ4v) is 1.78. The van der Waals surface area contributed by atoms with Crippen LogP contribution >= 0.6 is 0 Å². The Morgan fingerprint density at radius 1 is 0.857 bits per heavy atom. The van der Waals surface area contributed by atoms with Crippen molar-refractivity contribution in [3.8, 4) is 0 Å². The Morgan fingerprint density at radius 2 is 1.29 bits per heavy atom. The molecule has 0 amide bonds. The van der Waals surface area contributed by atoms with Crippen LogP contribution in [0, 0.1) is 23.3 Å².